The van der Waals surface area contributed by atoms with E-state index in [1.54, 1.807) is 36.6 Å². The van der Waals surface area contributed by atoms with Crippen molar-refractivity contribution < 1.29 is 28.8 Å². The second-order valence-electron chi connectivity index (χ2n) is 6.78. The van der Waals surface area contributed by atoms with Crippen LogP contribution < -0.4 is 10.9 Å². The molecule has 1 amide bonds. The lowest BCUT2D eigenvalue weighted by Crippen LogP contribution is -2.29. The van der Waals surface area contributed by atoms with E-state index in [1.807, 2.05) is 6.07 Å². The van der Waals surface area contributed by atoms with Crippen molar-refractivity contribution in [3.05, 3.63) is 79.6 Å². The topological polar surface area (TPSA) is 147 Å². The molecule has 0 atom stereocenters. The zero-order valence-corrected chi connectivity index (χ0v) is 18.9. The zero-order chi connectivity index (χ0) is 24.8. The highest BCUT2D eigenvalue weighted by atomic mass is 32.1. The minimum atomic E-state index is -1.07. The smallest absolute Gasteiger partial charge is 0.341 e. The molecule has 0 bridgehead atoms. The predicted molar refractivity (Wildman–Crippen MR) is 123 cm³/mol. The van der Waals surface area contributed by atoms with Gasteiger partial charge >= 0.3 is 23.2 Å². The number of nitrogens with one attached hydrogen (secondary N) is 1. The monoisotopic (exact) mass is 485 g/mol. The molecule has 0 fully saturated rings. The van der Waals surface area contributed by atoms with E-state index in [4.69, 9.17) is 4.74 Å². The average Bonchev–Trinajstić information content (AvgIpc) is 3.23. The van der Waals surface area contributed by atoms with Crippen molar-refractivity contribution in [2.24, 2.45) is 0 Å². The van der Waals surface area contributed by atoms with Crippen LogP contribution in [-0.2, 0) is 20.8 Å². The summed E-state index contributed by atoms with van der Waals surface area (Å²) >= 11 is 1.09. The summed E-state index contributed by atoms with van der Waals surface area (Å²) < 4.78 is 10.4. The molecule has 0 aliphatic carbocycles. The van der Waals surface area contributed by atoms with Gasteiger partial charge in [-0.3, -0.25) is 24.3 Å². The molecule has 11 nitrogen and oxygen atoms in total. The number of carbonyl (C=O) groups is 3. The molecule has 0 saturated carbocycles. The number of rotatable bonds is 8. The van der Waals surface area contributed by atoms with Crippen LogP contribution in [0, 0.1) is 10.1 Å². The fourth-order valence-corrected chi connectivity index (χ4v) is 4.08. The molecule has 34 heavy (non-hydrogen) atoms. The Bertz CT molecular complexity index is 1310. The van der Waals surface area contributed by atoms with Crippen LogP contribution in [0.15, 0.2) is 52.8 Å². The minimum Gasteiger partial charge on any atom is -0.465 e. The molecule has 0 saturated heterocycles. The van der Waals surface area contributed by atoms with Crippen LogP contribution in [0.25, 0.3) is 11.1 Å². The number of methoxy groups -OCH3 is 1. The molecule has 3 rings (SSSR count). The first kappa shape index (κ1) is 24.3. The highest BCUT2D eigenvalue weighted by Crippen LogP contribution is 2.36. The maximum Gasteiger partial charge on any atom is 0.341 e. The first-order valence-corrected chi connectivity index (χ1v) is 10.8. The van der Waals surface area contributed by atoms with Gasteiger partial charge in [-0.2, -0.15) is 0 Å². The molecule has 0 radical (unpaired) electrons. The van der Waals surface area contributed by atoms with Crippen molar-refractivity contribution in [2.45, 2.75) is 13.5 Å². The standard InChI is InChI=1S/C22H19N3O8S/c1-3-33-22(29)18-15(13-7-5-4-6-8-13)12-34-19(18)23-17(26)11-24-10-14(21(28)32-2)9-16(20(24)27)25(30)31/h4-10,12H,3,11H2,1-2H3,(H,23,26). The average molecular weight is 485 g/mol. The van der Waals surface area contributed by atoms with Crippen LogP contribution in [0.5, 0.6) is 0 Å². The number of thiophene rings is 1. The molecule has 3 aromatic rings. The molecule has 0 unspecified atom stereocenters. The lowest BCUT2D eigenvalue weighted by molar-refractivity contribution is -0.386. The number of hydrogen-bond acceptors (Lipinski definition) is 9. The number of amides is 1. The lowest BCUT2D eigenvalue weighted by Gasteiger charge is -2.10. The SMILES string of the molecule is CCOC(=O)c1c(-c2ccccc2)csc1NC(=O)Cn1cc(C(=O)OC)cc([N+](=O)[O-])c1=O. The number of nitro groups is 1. The van der Waals surface area contributed by atoms with Gasteiger partial charge in [0.15, 0.2) is 0 Å². The third-order valence-electron chi connectivity index (χ3n) is 4.61. The van der Waals surface area contributed by atoms with Gasteiger partial charge in [0.2, 0.25) is 5.91 Å². The predicted octanol–water partition coefficient (Wildman–Crippen LogP) is 3.09. The second-order valence-corrected chi connectivity index (χ2v) is 7.66. The Balaban J connectivity index is 1.95. The van der Waals surface area contributed by atoms with Gasteiger partial charge < -0.3 is 14.8 Å². The van der Waals surface area contributed by atoms with Crippen molar-refractivity contribution in [1.82, 2.24) is 4.57 Å². The molecule has 2 aromatic heterocycles. The Morgan fingerprint density at radius 3 is 2.50 bits per heavy atom. The van der Waals surface area contributed by atoms with Gasteiger partial charge in [-0.1, -0.05) is 30.3 Å². The molecule has 0 aliphatic rings. The molecular formula is C22H19N3O8S. The van der Waals surface area contributed by atoms with Crippen molar-refractivity contribution >= 4 is 39.9 Å². The summed E-state index contributed by atoms with van der Waals surface area (Å²) in [7, 11) is 1.08. The van der Waals surface area contributed by atoms with E-state index in [0.717, 1.165) is 40.8 Å². The molecule has 1 aromatic carbocycles. The molecular weight excluding hydrogens is 466 g/mol. The van der Waals surface area contributed by atoms with Gasteiger partial charge in [-0.25, -0.2) is 9.59 Å². The number of anilines is 1. The van der Waals surface area contributed by atoms with E-state index in [1.165, 1.54) is 0 Å². The van der Waals surface area contributed by atoms with Crippen LogP contribution in [0.2, 0.25) is 0 Å². The Morgan fingerprint density at radius 1 is 1.18 bits per heavy atom. The summed E-state index contributed by atoms with van der Waals surface area (Å²) in [6, 6.07) is 9.80. The Labute approximate surface area is 196 Å². The van der Waals surface area contributed by atoms with Crippen LogP contribution in [0.4, 0.5) is 10.7 Å². The van der Waals surface area contributed by atoms with E-state index in [-0.39, 0.29) is 22.7 Å². The van der Waals surface area contributed by atoms with Crippen LogP contribution in [-0.4, -0.2) is 41.1 Å². The molecule has 1 N–H and O–H groups in total. The van der Waals surface area contributed by atoms with E-state index >= 15 is 0 Å². The summed E-state index contributed by atoms with van der Waals surface area (Å²) in [5.74, 6) is -2.29. The highest BCUT2D eigenvalue weighted by Gasteiger charge is 2.24. The molecule has 176 valence electrons. The first-order valence-electron chi connectivity index (χ1n) is 9.87. The van der Waals surface area contributed by atoms with Crippen LogP contribution in [0.1, 0.15) is 27.6 Å². The maximum atomic E-state index is 12.7. The van der Waals surface area contributed by atoms with Gasteiger partial charge in [0.1, 0.15) is 17.1 Å². The first-order chi connectivity index (χ1) is 16.3. The fraction of sp³-hybridized carbons (Fsp3) is 0.182. The number of ether oxygens (including phenoxy) is 2. The van der Waals surface area contributed by atoms with Gasteiger partial charge in [-0.05, 0) is 12.5 Å². The van der Waals surface area contributed by atoms with Crippen molar-refractivity contribution in [3.63, 3.8) is 0 Å². The summed E-state index contributed by atoms with van der Waals surface area (Å²) in [5.41, 5.74) is -0.788. The fourth-order valence-electron chi connectivity index (χ4n) is 3.10. The van der Waals surface area contributed by atoms with Gasteiger partial charge in [0, 0.05) is 23.2 Å². The highest BCUT2D eigenvalue weighted by molar-refractivity contribution is 7.15. The summed E-state index contributed by atoms with van der Waals surface area (Å²) in [6.07, 6.45) is 0.997. The number of benzene rings is 1. The maximum absolute atomic E-state index is 12.7. The van der Waals surface area contributed by atoms with Gasteiger partial charge in [0.25, 0.3) is 0 Å². The second kappa shape index (κ2) is 10.5. The Morgan fingerprint density at radius 2 is 1.88 bits per heavy atom. The van der Waals surface area contributed by atoms with Crippen molar-refractivity contribution in [2.75, 3.05) is 19.0 Å². The number of hydrogen-bond donors (Lipinski definition) is 1. The number of pyridine rings is 1. The number of carbonyl (C=O) groups excluding carboxylic acids is 3. The molecule has 2 heterocycles. The normalized spacial score (nSPS) is 10.4. The Hall–Kier alpha value is -4.32. The molecule has 12 heteroatoms. The third-order valence-corrected chi connectivity index (χ3v) is 5.50. The van der Waals surface area contributed by atoms with Gasteiger partial charge in [-0.15, -0.1) is 11.3 Å². The quantitative estimate of drug-likeness (QED) is 0.291. The summed E-state index contributed by atoms with van der Waals surface area (Å²) in [5, 5.41) is 15.7. The van der Waals surface area contributed by atoms with Crippen molar-refractivity contribution in [3.8, 4) is 11.1 Å². The number of aromatic nitrogens is 1. The number of esters is 2. The van der Waals surface area contributed by atoms with E-state index in [0.29, 0.717) is 5.56 Å². The van der Waals surface area contributed by atoms with Gasteiger partial charge in [0.05, 0.1) is 24.2 Å². The molecule has 0 aliphatic heterocycles. The van der Waals surface area contributed by atoms with Crippen LogP contribution in [0.3, 0.4) is 0 Å². The largest absolute Gasteiger partial charge is 0.465 e. The van der Waals surface area contributed by atoms with E-state index in [9.17, 15) is 29.3 Å². The number of nitrogens with zero attached hydrogens (tertiary/aromatic N) is 2. The summed E-state index contributed by atoms with van der Waals surface area (Å²) in [4.78, 5) is 59.9. The third kappa shape index (κ3) is 5.18. The Kier molecular flexibility index (Phi) is 7.53. The minimum absolute atomic E-state index is 0.121. The zero-order valence-electron chi connectivity index (χ0n) is 18.1. The van der Waals surface area contributed by atoms with Crippen molar-refractivity contribution in [1.29, 1.82) is 0 Å². The summed E-state index contributed by atoms with van der Waals surface area (Å²) in [6.45, 7) is 1.12. The van der Waals surface area contributed by atoms with E-state index < -0.39 is 40.6 Å². The lowest BCUT2D eigenvalue weighted by atomic mass is 10.0. The van der Waals surface area contributed by atoms with Crippen LogP contribution >= 0.6 is 11.3 Å². The van der Waals surface area contributed by atoms with E-state index in [2.05, 4.69) is 10.1 Å². The molecule has 0 spiro atoms.